The smallest absolute Gasteiger partial charge is 0.326 e. The fourth-order valence-electron chi connectivity index (χ4n) is 2.62. The number of carboxylic acid groups (broad SMARTS) is 1. The van der Waals surface area contributed by atoms with E-state index in [-0.39, 0.29) is 22.1 Å². The zero-order valence-electron chi connectivity index (χ0n) is 13.8. The lowest BCUT2D eigenvalue weighted by Crippen LogP contribution is -2.40. The number of carbonyl (C=O) groups excluding carboxylic acids is 1. The average molecular weight is 379 g/mol. The van der Waals surface area contributed by atoms with Gasteiger partial charge < -0.3 is 10.4 Å². The van der Waals surface area contributed by atoms with Crippen LogP contribution in [-0.4, -0.2) is 46.2 Å². The number of hydrogen-bond acceptors (Lipinski definition) is 6. The summed E-state index contributed by atoms with van der Waals surface area (Å²) in [4.78, 5) is 27.3. The molecule has 3 N–H and O–H groups in total. The summed E-state index contributed by atoms with van der Waals surface area (Å²) in [5.74, 6) is -1.73. The van der Waals surface area contributed by atoms with Gasteiger partial charge in [0.1, 0.15) is 17.3 Å². The fourth-order valence-corrected chi connectivity index (χ4v) is 3.82. The van der Waals surface area contributed by atoms with Crippen molar-refractivity contribution in [3.63, 3.8) is 0 Å². The number of hydrogen-bond donors (Lipinski definition) is 3. The summed E-state index contributed by atoms with van der Waals surface area (Å²) < 4.78 is 28.3. The molecule has 0 unspecified atom stereocenters. The lowest BCUT2D eigenvalue weighted by molar-refractivity contribution is -0.139. The SMILES string of the molecule is CCCC[C@H](NC(=O)c1ccc2c(c1)S(=O)(=O)Nc1ncnn1-2)C(=O)O. The monoisotopic (exact) mass is 379 g/mol. The maximum Gasteiger partial charge on any atom is 0.326 e. The van der Waals surface area contributed by atoms with Gasteiger partial charge in [0.2, 0.25) is 5.95 Å². The molecule has 0 fully saturated rings. The number of unbranched alkanes of at least 4 members (excludes halogenated alkanes) is 1. The molecule has 1 aromatic carbocycles. The van der Waals surface area contributed by atoms with Crippen LogP contribution in [-0.2, 0) is 14.8 Å². The van der Waals surface area contributed by atoms with Crippen LogP contribution in [0.2, 0.25) is 0 Å². The van der Waals surface area contributed by atoms with Crippen LogP contribution in [0.1, 0.15) is 36.5 Å². The van der Waals surface area contributed by atoms with E-state index in [4.69, 9.17) is 0 Å². The van der Waals surface area contributed by atoms with E-state index in [1.54, 1.807) is 0 Å². The highest BCUT2D eigenvalue weighted by Crippen LogP contribution is 2.29. The second-order valence-corrected chi connectivity index (χ2v) is 7.44. The van der Waals surface area contributed by atoms with E-state index in [9.17, 15) is 23.1 Å². The van der Waals surface area contributed by atoms with E-state index in [1.165, 1.54) is 29.2 Å². The number of aromatic nitrogens is 3. The molecule has 138 valence electrons. The van der Waals surface area contributed by atoms with E-state index in [0.29, 0.717) is 12.8 Å². The molecular formula is C15H17N5O5S. The minimum atomic E-state index is -3.91. The maximum atomic E-state index is 12.4. The van der Waals surface area contributed by atoms with Crippen LogP contribution in [0, 0.1) is 0 Å². The number of sulfonamides is 1. The summed E-state index contributed by atoms with van der Waals surface area (Å²) in [5.41, 5.74) is 0.300. The van der Waals surface area contributed by atoms with Crippen molar-refractivity contribution in [2.24, 2.45) is 0 Å². The van der Waals surface area contributed by atoms with Gasteiger partial charge in [0.25, 0.3) is 15.9 Å². The van der Waals surface area contributed by atoms with Crippen LogP contribution >= 0.6 is 0 Å². The molecule has 0 aliphatic carbocycles. The fraction of sp³-hybridized carbons (Fsp3) is 0.333. The van der Waals surface area contributed by atoms with Gasteiger partial charge in [0.15, 0.2) is 0 Å². The van der Waals surface area contributed by atoms with Gasteiger partial charge >= 0.3 is 5.97 Å². The van der Waals surface area contributed by atoms with Gasteiger partial charge in [-0.25, -0.2) is 17.9 Å². The van der Waals surface area contributed by atoms with Crippen molar-refractivity contribution in [1.29, 1.82) is 0 Å². The molecule has 1 aliphatic rings. The number of nitrogens with zero attached hydrogens (tertiary/aromatic N) is 3. The Morgan fingerprint density at radius 1 is 1.38 bits per heavy atom. The van der Waals surface area contributed by atoms with Crippen molar-refractivity contribution in [2.45, 2.75) is 37.1 Å². The Labute approximate surface area is 149 Å². The number of amides is 1. The minimum absolute atomic E-state index is 0.0421. The van der Waals surface area contributed by atoms with Gasteiger partial charge in [-0.1, -0.05) is 19.8 Å². The molecule has 0 bridgehead atoms. The van der Waals surface area contributed by atoms with E-state index < -0.39 is 27.9 Å². The molecule has 3 rings (SSSR count). The van der Waals surface area contributed by atoms with Crippen molar-refractivity contribution in [3.8, 4) is 5.69 Å². The van der Waals surface area contributed by atoms with Gasteiger partial charge in [-0.2, -0.15) is 14.8 Å². The summed E-state index contributed by atoms with van der Waals surface area (Å²) in [5, 5.41) is 15.6. The molecule has 2 heterocycles. The second kappa shape index (κ2) is 6.75. The largest absolute Gasteiger partial charge is 0.480 e. The van der Waals surface area contributed by atoms with Crippen LogP contribution in [0.3, 0.4) is 0 Å². The molecule has 11 heteroatoms. The first-order chi connectivity index (χ1) is 12.3. The third-order valence-electron chi connectivity index (χ3n) is 3.96. The lowest BCUT2D eigenvalue weighted by Gasteiger charge is -2.19. The molecule has 0 spiro atoms. The van der Waals surface area contributed by atoms with Gasteiger partial charge in [-0.15, -0.1) is 0 Å². The first-order valence-electron chi connectivity index (χ1n) is 7.94. The predicted octanol–water partition coefficient (Wildman–Crippen LogP) is 0.755. The molecule has 2 aromatic rings. The highest BCUT2D eigenvalue weighted by molar-refractivity contribution is 7.93. The Balaban J connectivity index is 1.91. The zero-order valence-corrected chi connectivity index (χ0v) is 14.7. The second-order valence-electron chi connectivity index (χ2n) is 5.79. The summed E-state index contributed by atoms with van der Waals surface area (Å²) in [7, 11) is -3.91. The Bertz CT molecular complexity index is 969. The molecule has 1 amide bonds. The number of anilines is 1. The first-order valence-corrected chi connectivity index (χ1v) is 9.42. The summed E-state index contributed by atoms with van der Waals surface area (Å²) >= 11 is 0. The maximum absolute atomic E-state index is 12.4. The Hall–Kier alpha value is -2.95. The molecule has 0 saturated carbocycles. The average Bonchev–Trinajstić information content (AvgIpc) is 3.05. The third kappa shape index (κ3) is 3.25. The summed E-state index contributed by atoms with van der Waals surface area (Å²) in [6.07, 6.45) is 2.95. The Morgan fingerprint density at radius 3 is 2.85 bits per heavy atom. The number of benzene rings is 1. The summed E-state index contributed by atoms with van der Waals surface area (Å²) in [6, 6.07) is 3.01. The number of fused-ring (bicyclic) bond motifs is 3. The van der Waals surface area contributed by atoms with E-state index in [2.05, 4.69) is 20.1 Å². The Morgan fingerprint density at radius 2 is 2.15 bits per heavy atom. The van der Waals surface area contributed by atoms with Crippen LogP contribution in [0.25, 0.3) is 5.69 Å². The molecule has 1 atom stereocenters. The van der Waals surface area contributed by atoms with Crippen molar-refractivity contribution < 1.29 is 23.1 Å². The van der Waals surface area contributed by atoms with Crippen LogP contribution in [0.15, 0.2) is 29.4 Å². The number of nitrogens with one attached hydrogen (secondary N) is 2. The third-order valence-corrected chi connectivity index (χ3v) is 5.32. The predicted molar refractivity (Wildman–Crippen MR) is 90.6 cm³/mol. The van der Waals surface area contributed by atoms with Crippen molar-refractivity contribution in [2.75, 3.05) is 4.72 Å². The first kappa shape index (κ1) is 17.9. The topological polar surface area (TPSA) is 143 Å². The normalized spacial score (nSPS) is 15.3. The highest BCUT2D eigenvalue weighted by Gasteiger charge is 2.30. The van der Waals surface area contributed by atoms with E-state index in [0.717, 1.165) is 6.42 Å². The van der Waals surface area contributed by atoms with Crippen LogP contribution in [0.5, 0.6) is 0 Å². The minimum Gasteiger partial charge on any atom is -0.480 e. The summed E-state index contributed by atoms with van der Waals surface area (Å²) in [6.45, 7) is 1.92. The van der Waals surface area contributed by atoms with Gasteiger partial charge in [0.05, 0.1) is 5.69 Å². The number of aliphatic carboxylic acids is 1. The van der Waals surface area contributed by atoms with Gasteiger partial charge in [-0.05, 0) is 24.6 Å². The van der Waals surface area contributed by atoms with E-state index in [1.807, 2.05) is 6.92 Å². The van der Waals surface area contributed by atoms with Crippen molar-refractivity contribution in [3.05, 3.63) is 30.1 Å². The Kier molecular flexibility index (Phi) is 4.64. The van der Waals surface area contributed by atoms with Crippen molar-refractivity contribution >= 4 is 27.8 Å². The van der Waals surface area contributed by atoms with Crippen molar-refractivity contribution in [1.82, 2.24) is 20.1 Å². The molecule has 1 aliphatic heterocycles. The highest BCUT2D eigenvalue weighted by atomic mass is 32.2. The number of carboxylic acids is 1. The molecular weight excluding hydrogens is 362 g/mol. The number of carbonyl (C=O) groups is 2. The van der Waals surface area contributed by atoms with Gasteiger partial charge in [-0.3, -0.25) is 4.79 Å². The number of rotatable bonds is 6. The molecule has 10 nitrogen and oxygen atoms in total. The van der Waals surface area contributed by atoms with E-state index >= 15 is 0 Å². The quantitative estimate of drug-likeness (QED) is 0.672. The standard InChI is InChI=1S/C15H17N5O5S/c1-2-3-4-10(14(22)23)18-13(21)9-5-6-11-12(7-9)26(24,25)19-15-16-8-17-20(11)15/h5-8,10H,2-4H2,1H3,(H,18,21)(H,22,23)(H,16,17,19)/t10-/m0/s1. The van der Waals surface area contributed by atoms with Crippen LogP contribution < -0.4 is 10.0 Å². The molecule has 0 radical (unpaired) electrons. The lowest BCUT2D eigenvalue weighted by atomic mass is 10.1. The molecule has 26 heavy (non-hydrogen) atoms. The van der Waals surface area contributed by atoms with Gasteiger partial charge in [0, 0.05) is 5.56 Å². The molecule has 0 saturated heterocycles. The zero-order chi connectivity index (χ0) is 18.9. The van der Waals surface area contributed by atoms with Crippen LogP contribution in [0.4, 0.5) is 5.95 Å². The molecule has 1 aromatic heterocycles.